The monoisotopic (exact) mass is 193 g/mol. The lowest BCUT2D eigenvalue weighted by Crippen LogP contribution is -2.47. The number of aliphatic hydroxyl groups excluding tert-OH is 1. The van der Waals surface area contributed by atoms with Crippen LogP contribution < -0.4 is 5.32 Å². The fraction of sp³-hybridized carbons (Fsp3) is 0.875. The molecular weight excluding hydrogens is 180 g/mol. The van der Waals surface area contributed by atoms with Crippen molar-refractivity contribution in [3.05, 3.63) is 0 Å². The van der Waals surface area contributed by atoms with E-state index >= 15 is 0 Å². The van der Waals surface area contributed by atoms with Crippen LogP contribution in [0.25, 0.3) is 0 Å². The van der Waals surface area contributed by atoms with Gasteiger partial charge < -0.3 is 10.4 Å². The Morgan fingerprint density at radius 3 is 2.54 bits per heavy atom. The lowest BCUT2D eigenvalue weighted by atomic mass is 9.92. The molecule has 76 valence electrons. The van der Waals surface area contributed by atoms with Crippen LogP contribution in [0.3, 0.4) is 0 Å². The van der Waals surface area contributed by atoms with Crippen molar-refractivity contribution >= 4 is 5.91 Å². The average molecular weight is 193 g/mol. The Hall–Kier alpha value is -0.710. The van der Waals surface area contributed by atoms with Gasteiger partial charge in [0.15, 0.2) is 0 Å². The van der Waals surface area contributed by atoms with Gasteiger partial charge in [-0.05, 0) is 12.8 Å². The number of rotatable bonds is 2. The SMILES string of the molecule is O=C(N[C@@H]1CCCC[C@H]1O)C(F)F. The van der Waals surface area contributed by atoms with Gasteiger partial charge >= 0.3 is 6.43 Å². The number of aliphatic hydroxyl groups is 1. The fourth-order valence-corrected chi connectivity index (χ4v) is 1.53. The summed E-state index contributed by atoms with van der Waals surface area (Å²) in [5.74, 6) is -1.29. The Bertz CT molecular complexity index is 187. The Morgan fingerprint density at radius 2 is 2.00 bits per heavy atom. The van der Waals surface area contributed by atoms with Crippen LogP contribution >= 0.6 is 0 Å². The van der Waals surface area contributed by atoms with Crippen LogP contribution in [0.5, 0.6) is 0 Å². The van der Waals surface area contributed by atoms with Crippen molar-refractivity contribution in [2.24, 2.45) is 0 Å². The number of carbonyl (C=O) groups is 1. The van der Waals surface area contributed by atoms with Crippen LogP contribution in [-0.2, 0) is 4.79 Å². The van der Waals surface area contributed by atoms with Crippen molar-refractivity contribution in [3.8, 4) is 0 Å². The van der Waals surface area contributed by atoms with Gasteiger partial charge in [0.25, 0.3) is 5.91 Å². The number of alkyl halides is 2. The highest BCUT2D eigenvalue weighted by Gasteiger charge is 2.27. The zero-order valence-electron chi connectivity index (χ0n) is 7.17. The summed E-state index contributed by atoms with van der Waals surface area (Å²) in [5.41, 5.74) is 0. The molecule has 1 aliphatic rings. The van der Waals surface area contributed by atoms with E-state index in [2.05, 4.69) is 5.32 Å². The molecule has 0 radical (unpaired) electrons. The van der Waals surface area contributed by atoms with E-state index in [1.54, 1.807) is 0 Å². The molecule has 1 saturated carbocycles. The standard InChI is InChI=1S/C8H13F2NO2/c9-7(10)8(13)11-5-3-1-2-4-6(5)12/h5-7,12H,1-4H2,(H,11,13)/t5-,6-/m1/s1. The molecule has 5 heteroatoms. The molecule has 0 heterocycles. The first-order valence-electron chi connectivity index (χ1n) is 4.38. The summed E-state index contributed by atoms with van der Waals surface area (Å²) in [5, 5.41) is 11.5. The van der Waals surface area contributed by atoms with Gasteiger partial charge in [0.2, 0.25) is 0 Å². The third-order valence-corrected chi connectivity index (χ3v) is 2.26. The van der Waals surface area contributed by atoms with Crippen LogP contribution in [0.2, 0.25) is 0 Å². The Kier molecular flexibility index (Phi) is 3.59. The molecule has 1 fully saturated rings. The van der Waals surface area contributed by atoms with Gasteiger partial charge in [-0.25, -0.2) is 0 Å². The second-order valence-corrected chi connectivity index (χ2v) is 3.27. The summed E-state index contributed by atoms with van der Waals surface area (Å²) in [6, 6.07) is -0.491. The van der Waals surface area contributed by atoms with Crippen molar-refractivity contribution in [1.82, 2.24) is 5.32 Å². The van der Waals surface area contributed by atoms with Gasteiger partial charge in [-0.2, -0.15) is 8.78 Å². The van der Waals surface area contributed by atoms with Crippen LogP contribution in [-0.4, -0.2) is 29.6 Å². The van der Waals surface area contributed by atoms with E-state index in [0.717, 1.165) is 12.8 Å². The first-order chi connectivity index (χ1) is 6.11. The second-order valence-electron chi connectivity index (χ2n) is 3.27. The van der Waals surface area contributed by atoms with Gasteiger partial charge in [0.1, 0.15) is 0 Å². The van der Waals surface area contributed by atoms with E-state index in [4.69, 9.17) is 0 Å². The summed E-state index contributed by atoms with van der Waals surface area (Å²) >= 11 is 0. The third kappa shape index (κ3) is 2.91. The zero-order valence-corrected chi connectivity index (χ0v) is 7.17. The first-order valence-corrected chi connectivity index (χ1v) is 4.38. The first kappa shape index (κ1) is 10.4. The maximum atomic E-state index is 11.8. The lowest BCUT2D eigenvalue weighted by molar-refractivity contribution is -0.133. The molecule has 0 unspecified atom stereocenters. The van der Waals surface area contributed by atoms with Crippen molar-refractivity contribution in [2.75, 3.05) is 0 Å². The minimum absolute atomic E-state index is 0.491. The number of hydrogen-bond acceptors (Lipinski definition) is 2. The number of carbonyl (C=O) groups excluding carboxylic acids is 1. The molecule has 0 saturated heterocycles. The quantitative estimate of drug-likeness (QED) is 0.677. The van der Waals surface area contributed by atoms with Crippen LogP contribution in [0, 0.1) is 0 Å². The van der Waals surface area contributed by atoms with E-state index in [9.17, 15) is 18.7 Å². The molecule has 0 aromatic carbocycles. The summed E-state index contributed by atoms with van der Waals surface area (Å²) in [6.45, 7) is 0. The molecular formula is C8H13F2NO2. The van der Waals surface area contributed by atoms with Crippen molar-refractivity contribution < 1.29 is 18.7 Å². The molecule has 1 aliphatic carbocycles. The summed E-state index contributed by atoms with van der Waals surface area (Å²) in [6.07, 6.45) is -0.744. The van der Waals surface area contributed by atoms with Crippen molar-refractivity contribution in [2.45, 2.75) is 44.3 Å². The molecule has 0 bridgehead atoms. The molecule has 0 spiro atoms. The number of nitrogens with one attached hydrogen (secondary N) is 1. The van der Waals surface area contributed by atoms with E-state index in [1.807, 2.05) is 0 Å². The number of halogens is 2. The predicted molar refractivity (Wildman–Crippen MR) is 42.4 cm³/mol. The number of hydrogen-bond donors (Lipinski definition) is 2. The molecule has 2 atom stereocenters. The third-order valence-electron chi connectivity index (χ3n) is 2.26. The van der Waals surface area contributed by atoms with E-state index < -0.39 is 24.5 Å². The van der Waals surface area contributed by atoms with E-state index in [0.29, 0.717) is 12.8 Å². The molecule has 0 aliphatic heterocycles. The fourth-order valence-electron chi connectivity index (χ4n) is 1.53. The maximum absolute atomic E-state index is 11.8. The van der Waals surface area contributed by atoms with Gasteiger partial charge in [0.05, 0.1) is 12.1 Å². The van der Waals surface area contributed by atoms with Crippen molar-refractivity contribution in [3.63, 3.8) is 0 Å². The number of amides is 1. The topological polar surface area (TPSA) is 49.3 Å². The normalized spacial score (nSPS) is 28.9. The molecule has 0 aromatic rings. The maximum Gasteiger partial charge on any atom is 0.315 e. The largest absolute Gasteiger partial charge is 0.391 e. The second kappa shape index (κ2) is 4.50. The van der Waals surface area contributed by atoms with E-state index in [-0.39, 0.29) is 0 Å². The van der Waals surface area contributed by atoms with Gasteiger partial charge in [-0.3, -0.25) is 4.79 Å². The highest BCUT2D eigenvalue weighted by Crippen LogP contribution is 2.18. The average Bonchev–Trinajstić information content (AvgIpc) is 2.08. The predicted octanol–water partition coefficient (Wildman–Crippen LogP) is 0.671. The Labute approximate surface area is 75.1 Å². The van der Waals surface area contributed by atoms with Crippen LogP contribution in [0.1, 0.15) is 25.7 Å². The minimum Gasteiger partial charge on any atom is -0.391 e. The van der Waals surface area contributed by atoms with Gasteiger partial charge in [-0.15, -0.1) is 0 Å². The summed E-state index contributed by atoms with van der Waals surface area (Å²) in [4.78, 5) is 10.6. The molecule has 2 N–H and O–H groups in total. The minimum atomic E-state index is -2.99. The Balaban J connectivity index is 2.38. The highest BCUT2D eigenvalue weighted by atomic mass is 19.3. The highest BCUT2D eigenvalue weighted by molar-refractivity contribution is 5.79. The molecule has 1 amide bonds. The smallest absolute Gasteiger partial charge is 0.315 e. The summed E-state index contributed by atoms with van der Waals surface area (Å²) in [7, 11) is 0. The molecule has 13 heavy (non-hydrogen) atoms. The van der Waals surface area contributed by atoms with Crippen LogP contribution in [0.15, 0.2) is 0 Å². The Morgan fingerprint density at radius 1 is 1.38 bits per heavy atom. The van der Waals surface area contributed by atoms with Gasteiger partial charge in [-0.1, -0.05) is 12.8 Å². The summed E-state index contributed by atoms with van der Waals surface area (Å²) < 4.78 is 23.6. The van der Waals surface area contributed by atoms with E-state index in [1.165, 1.54) is 0 Å². The molecule has 1 rings (SSSR count). The lowest BCUT2D eigenvalue weighted by Gasteiger charge is -2.28. The van der Waals surface area contributed by atoms with Crippen molar-refractivity contribution in [1.29, 1.82) is 0 Å². The zero-order chi connectivity index (χ0) is 9.84. The molecule has 3 nitrogen and oxygen atoms in total. The van der Waals surface area contributed by atoms with Crippen LogP contribution in [0.4, 0.5) is 8.78 Å². The molecule has 0 aromatic heterocycles. The van der Waals surface area contributed by atoms with Gasteiger partial charge in [0, 0.05) is 0 Å².